The number of hydrogen-bond donors (Lipinski definition) is 1. The van der Waals surface area contributed by atoms with Crippen LogP contribution in [0.25, 0.3) is 16.9 Å². The number of pyridine rings is 1. The molecule has 1 aromatic carbocycles. The van der Waals surface area contributed by atoms with E-state index in [-0.39, 0.29) is 10.8 Å². The Morgan fingerprint density at radius 1 is 1.18 bits per heavy atom. The maximum Gasteiger partial charge on any atom is 0.573 e. The molecule has 5 nitrogen and oxygen atoms in total. The first-order valence-electron chi connectivity index (χ1n) is 8.67. The molecular formula is C19H16ClF3N4O. The molecule has 0 spiro atoms. The van der Waals surface area contributed by atoms with E-state index in [1.54, 1.807) is 23.1 Å². The number of ether oxygens (including phenoxy) is 1. The van der Waals surface area contributed by atoms with Crippen molar-refractivity contribution < 1.29 is 17.9 Å². The molecule has 0 aliphatic heterocycles. The first kappa shape index (κ1) is 18.6. The summed E-state index contributed by atoms with van der Waals surface area (Å²) in [5, 5.41) is 4.45. The number of nitrogens with two attached hydrogens (primary N) is 1. The Labute approximate surface area is 163 Å². The summed E-state index contributed by atoms with van der Waals surface area (Å²) in [4.78, 5) is 4.19. The number of rotatable bonds is 4. The molecule has 0 unspecified atom stereocenters. The molecule has 1 saturated carbocycles. The lowest BCUT2D eigenvalue weighted by Gasteiger charge is -2.27. The number of alkyl halides is 3. The number of nitrogens with zero attached hydrogens (tertiary/aromatic N) is 3. The molecule has 0 bridgehead atoms. The van der Waals surface area contributed by atoms with E-state index < -0.39 is 12.1 Å². The topological polar surface area (TPSA) is 66.0 Å². The first-order chi connectivity index (χ1) is 13.3. The van der Waals surface area contributed by atoms with Crippen molar-refractivity contribution in [1.82, 2.24) is 14.8 Å². The van der Waals surface area contributed by atoms with Crippen LogP contribution >= 0.6 is 11.6 Å². The van der Waals surface area contributed by atoms with E-state index in [0.717, 1.165) is 36.6 Å². The Bertz CT molecular complexity index is 1010. The van der Waals surface area contributed by atoms with Gasteiger partial charge in [-0.05, 0) is 48.6 Å². The molecule has 0 saturated heterocycles. The summed E-state index contributed by atoms with van der Waals surface area (Å²) >= 11 is 6.03. The smallest absolute Gasteiger partial charge is 0.406 e. The SMILES string of the molecule is Nc1cc(-c2cc(Cl)cc(OC(F)(F)F)c2)n(-c2cnccc2C2CCC2)n1. The number of benzene rings is 1. The second-order valence-corrected chi connectivity index (χ2v) is 7.09. The van der Waals surface area contributed by atoms with Crippen LogP contribution in [0.4, 0.5) is 19.0 Å². The second-order valence-electron chi connectivity index (χ2n) is 6.65. The molecule has 0 atom stereocenters. The fraction of sp³-hybridized carbons (Fsp3) is 0.263. The molecule has 3 aromatic rings. The summed E-state index contributed by atoms with van der Waals surface area (Å²) < 4.78 is 43.5. The van der Waals surface area contributed by atoms with E-state index in [1.165, 1.54) is 12.1 Å². The molecule has 28 heavy (non-hydrogen) atoms. The zero-order valence-electron chi connectivity index (χ0n) is 14.6. The summed E-state index contributed by atoms with van der Waals surface area (Å²) in [6.07, 6.45) is 1.89. The van der Waals surface area contributed by atoms with Gasteiger partial charge in [-0.25, -0.2) is 4.68 Å². The van der Waals surface area contributed by atoms with Crippen LogP contribution in [0.3, 0.4) is 0 Å². The number of aromatic nitrogens is 3. The highest BCUT2D eigenvalue weighted by atomic mass is 35.5. The number of anilines is 1. The summed E-state index contributed by atoms with van der Waals surface area (Å²) in [7, 11) is 0. The molecule has 146 valence electrons. The van der Waals surface area contributed by atoms with E-state index in [2.05, 4.69) is 14.8 Å². The molecule has 1 fully saturated rings. The van der Waals surface area contributed by atoms with E-state index in [9.17, 15) is 13.2 Å². The van der Waals surface area contributed by atoms with Crippen molar-refractivity contribution in [3.63, 3.8) is 0 Å². The van der Waals surface area contributed by atoms with Crippen molar-refractivity contribution in [3.8, 4) is 22.7 Å². The lowest BCUT2D eigenvalue weighted by atomic mass is 9.80. The maximum atomic E-state index is 12.6. The van der Waals surface area contributed by atoms with Gasteiger partial charge in [-0.3, -0.25) is 4.98 Å². The number of nitrogen functional groups attached to an aromatic ring is 1. The normalized spacial score (nSPS) is 14.7. The average molecular weight is 409 g/mol. The largest absolute Gasteiger partial charge is 0.573 e. The van der Waals surface area contributed by atoms with Crippen LogP contribution in [0.2, 0.25) is 5.02 Å². The average Bonchev–Trinajstić information content (AvgIpc) is 2.93. The third-order valence-corrected chi connectivity index (χ3v) is 4.95. The zero-order valence-corrected chi connectivity index (χ0v) is 15.3. The molecule has 2 heterocycles. The van der Waals surface area contributed by atoms with Crippen molar-refractivity contribution in [2.75, 3.05) is 5.73 Å². The van der Waals surface area contributed by atoms with Crippen LogP contribution in [0.1, 0.15) is 30.7 Å². The van der Waals surface area contributed by atoms with E-state index >= 15 is 0 Å². The minimum absolute atomic E-state index is 0.105. The standard InChI is InChI=1S/C19H16ClF3N4O/c20-13-6-12(7-14(8-13)28-19(21,22)23)16-9-18(24)26-27(16)17-10-25-5-4-15(17)11-2-1-3-11/h4-11H,1-3H2,(H2,24,26). The van der Waals surface area contributed by atoms with Gasteiger partial charge in [0.05, 0.1) is 17.6 Å². The molecule has 1 aliphatic rings. The van der Waals surface area contributed by atoms with Crippen molar-refractivity contribution >= 4 is 17.4 Å². The molecule has 4 rings (SSSR count). The van der Waals surface area contributed by atoms with Gasteiger partial charge in [-0.1, -0.05) is 18.0 Å². The Morgan fingerprint density at radius 3 is 2.64 bits per heavy atom. The fourth-order valence-corrected chi connectivity index (χ4v) is 3.56. The third-order valence-electron chi connectivity index (χ3n) is 4.73. The van der Waals surface area contributed by atoms with Gasteiger partial charge in [-0.2, -0.15) is 5.10 Å². The second kappa shape index (κ2) is 7.01. The van der Waals surface area contributed by atoms with Gasteiger partial charge < -0.3 is 10.5 Å². The Kier molecular flexibility index (Phi) is 4.66. The Hall–Kier alpha value is -2.74. The molecule has 0 amide bonds. The monoisotopic (exact) mass is 408 g/mol. The molecule has 1 aliphatic carbocycles. The highest BCUT2D eigenvalue weighted by molar-refractivity contribution is 6.31. The van der Waals surface area contributed by atoms with Crippen molar-refractivity contribution in [2.24, 2.45) is 0 Å². The van der Waals surface area contributed by atoms with E-state index in [1.807, 2.05) is 6.07 Å². The summed E-state index contributed by atoms with van der Waals surface area (Å²) in [5.74, 6) is 0.225. The number of halogens is 4. The van der Waals surface area contributed by atoms with Crippen molar-refractivity contribution in [1.29, 1.82) is 0 Å². The maximum absolute atomic E-state index is 12.6. The molecule has 2 N–H and O–H groups in total. The summed E-state index contributed by atoms with van der Waals surface area (Å²) in [5.41, 5.74) is 8.64. The Balaban J connectivity index is 1.82. The van der Waals surface area contributed by atoms with Crippen LogP contribution in [0, 0.1) is 0 Å². The van der Waals surface area contributed by atoms with Crippen molar-refractivity contribution in [3.05, 3.63) is 53.3 Å². The Morgan fingerprint density at radius 2 is 1.96 bits per heavy atom. The summed E-state index contributed by atoms with van der Waals surface area (Å²) in [6, 6.07) is 7.42. The first-order valence-corrected chi connectivity index (χ1v) is 9.04. The molecule has 9 heteroatoms. The van der Waals surface area contributed by atoms with Gasteiger partial charge in [0.15, 0.2) is 0 Å². The minimum Gasteiger partial charge on any atom is -0.406 e. The minimum atomic E-state index is -4.82. The fourth-order valence-electron chi connectivity index (χ4n) is 3.33. The van der Waals surface area contributed by atoms with Gasteiger partial charge in [-0.15, -0.1) is 13.2 Å². The highest BCUT2D eigenvalue weighted by Gasteiger charge is 2.31. The lowest BCUT2D eigenvalue weighted by molar-refractivity contribution is -0.274. The zero-order chi connectivity index (χ0) is 19.9. The summed E-state index contributed by atoms with van der Waals surface area (Å²) in [6.45, 7) is 0. The van der Waals surface area contributed by atoms with Gasteiger partial charge in [0.1, 0.15) is 11.6 Å². The van der Waals surface area contributed by atoms with Gasteiger partial charge >= 0.3 is 6.36 Å². The van der Waals surface area contributed by atoms with Gasteiger partial charge in [0, 0.05) is 22.8 Å². The predicted molar refractivity (Wildman–Crippen MR) is 99.5 cm³/mol. The van der Waals surface area contributed by atoms with Crippen LogP contribution in [0.5, 0.6) is 5.75 Å². The van der Waals surface area contributed by atoms with Gasteiger partial charge in [0.25, 0.3) is 0 Å². The quantitative estimate of drug-likeness (QED) is 0.633. The lowest BCUT2D eigenvalue weighted by Crippen LogP contribution is -2.17. The van der Waals surface area contributed by atoms with E-state index in [4.69, 9.17) is 17.3 Å². The molecular weight excluding hydrogens is 393 g/mol. The van der Waals surface area contributed by atoms with E-state index in [0.29, 0.717) is 17.2 Å². The number of hydrogen-bond acceptors (Lipinski definition) is 4. The van der Waals surface area contributed by atoms with Crippen molar-refractivity contribution in [2.45, 2.75) is 31.5 Å². The van der Waals surface area contributed by atoms with Crippen LogP contribution < -0.4 is 10.5 Å². The predicted octanol–water partition coefficient (Wildman–Crippen LogP) is 5.34. The van der Waals surface area contributed by atoms with Crippen LogP contribution in [-0.2, 0) is 0 Å². The highest BCUT2D eigenvalue weighted by Crippen LogP contribution is 2.40. The molecule has 0 radical (unpaired) electrons. The van der Waals surface area contributed by atoms with Gasteiger partial charge in [0.2, 0.25) is 0 Å². The molecule has 2 aromatic heterocycles. The van der Waals surface area contributed by atoms with Crippen LogP contribution in [-0.4, -0.2) is 21.1 Å². The van der Waals surface area contributed by atoms with Crippen LogP contribution in [0.15, 0.2) is 42.7 Å². The third kappa shape index (κ3) is 3.77.